The Kier molecular flexibility index (Phi) is 5.37. The zero-order valence-corrected chi connectivity index (χ0v) is 19.9. The average Bonchev–Trinajstić information content (AvgIpc) is 2.83. The molecule has 0 saturated heterocycles. The van der Waals surface area contributed by atoms with Gasteiger partial charge in [-0.3, -0.25) is 9.24 Å². The maximum absolute atomic E-state index is 15.3. The van der Waals surface area contributed by atoms with Crippen molar-refractivity contribution in [2.45, 2.75) is 20.8 Å². The van der Waals surface area contributed by atoms with E-state index in [1.165, 1.54) is 0 Å². The zero-order valence-electron chi connectivity index (χ0n) is 19.0. The minimum Gasteiger partial charge on any atom is -0.289 e. The lowest BCUT2D eigenvalue weighted by atomic mass is 10.00. The molecule has 0 aliphatic carbocycles. The molecule has 0 saturated carbocycles. The van der Waals surface area contributed by atoms with E-state index in [1.54, 1.807) is 75.4 Å². The summed E-state index contributed by atoms with van der Waals surface area (Å²) in [6.07, 6.45) is 0. The molecule has 0 bridgehead atoms. The van der Waals surface area contributed by atoms with Crippen LogP contribution in [0.2, 0.25) is 0 Å². The van der Waals surface area contributed by atoms with Crippen LogP contribution in [0.5, 0.6) is 0 Å². The van der Waals surface area contributed by atoms with E-state index in [4.69, 9.17) is 0 Å². The third-order valence-electron chi connectivity index (χ3n) is 6.18. The summed E-state index contributed by atoms with van der Waals surface area (Å²) in [7, 11) is -4.21. The molecule has 0 radical (unpaired) electrons. The highest BCUT2D eigenvalue weighted by Crippen LogP contribution is 2.62. The van der Waals surface area contributed by atoms with Crippen LogP contribution >= 0.6 is 7.29 Å². The van der Waals surface area contributed by atoms with Crippen molar-refractivity contribution >= 4 is 29.3 Å². The molecule has 5 rings (SSSR count). The normalized spacial score (nSPS) is 16.7. The number of nitrogens with zero attached hydrogens (tertiary/aromatic N) is 1. The van der Waals surface area contributed by atoms with Crippen LogP contribution in [-0.4, -0.2) is 0 Å². The number of hydrogen-bond acceptors (Lipinski definition) is 1. The first-order valence-electron chi connectivity index (χ1n) is 10.8. The van der Waals surface area contributed by atoms with Crippen molar-refractivity contribution in [3.05, 3.63) is 106 Å². The van der Waals surface area contributed by atoms with E-state index in [0.29, 0.717) is 16.7 Å². The van der Waals surface area contributed by atoms with E-state index in [9.17, 15) is 13.2 Å². The SMILES string of the molecule is Cc1cccc([P@]2(=O)c3cc(C)ccc3-c3ccc(C)cc3N2c2c(F)c(F)c(F)c(F)c2F)c1. The Hall–Kier alpha value is -3.44. The Morgan fingerprint density at radius 2 is 1.17 bits per heavy atom. The second-order valence-corrected chi connectivity index (χ2v) is 11.2. The number of rotatable bonds is 2. The predicted molar refractivity (Wildman–Crippen MR) is 128 cm³/mol. The van der Waals surface area contributed by atoms with E-state index in [1.807, 2.05) is 6.07 Å². The van der Waals surface area contributed by atoms with Gasteiger partial charge in [0.15, 0.2) is 23.3 Å². The average molecular weight is 499 g/mol. The van der Waals surface area contributed by atoms with Gasteiger partial charge >= 0.3 is 0 Å². The Labute approximate surface area is 199 Å². The molecule has 1 aliphatic rings. The molecule has 4 aromatic rings. The van der Waals surface area contributed by atoms with Gasteiger partial charge in [0, 0.05) is 16.2 Å². The second kappa shape index (κ2) is 8.06. The summed E-state index contributed by atoms with van der Waals surface area (Å²) in [5, 5.41) is 0.462. The predicted octanol–water partition coefficient (Wildman–Crippen LogP) is 7.35. The molecule has 1 aliphatic heterocycles. The van der Waals surface area contributed by atoms with E-state index < -0.39 is 42.1 Å². The molecule has 0 unspecified atom stereocenters. The molecular formula is C27H19F5NOP. The summed E-state index contributed by atoms with van der Waals surface area (Å²) < 4.78 is 89.4. The molecule has 178 valence electrons. The fourth-order valence-corrected chi connectivity index (χ4v) is 7.75. The fraction of sp³-hybridized carbons (Fsp3) is 0.111. The number of fused-ring (bicyclic) bond motifs is 3. The molecule has 2 nitrogen and oxygen atoms in total. The number of aryl methyl sites for hydroxylation is 3. The minimum atomic E-state index is -4.21. The van der Waals surface area contributed by atoms with Crippen LogP contribution in [0.3, 0.4) is 0 Å². The van der Waals surface area contributed by atoms with E-state index in [0.717, 1.165) is 15.8 Å². The van der Waals surface area contributed by atoms with Crippen molar-refractivity contribution in [3.8, 4) is 11.1 Å². The molecule has 1 atom stereocenters. The van der Waals surface area contributed by atoms with Crippen LogP contribution in [0.1, 0.15) is 16.7 Å². The van der Waals surface area contributed by atoms with Gasteiger partial charge in [-0.15, -0.1) is 0 Å². The van der Waals surface area contributed by atoms with Crippen LogP contribution in [0.15, 0.2) is 60.7 Å². The monoisotopic (exact) mass is 499 g/mol. The molecule has 1 heterocycles. The van der Waals surface area contributed by atoms with Gasteiger partial charge in [0.05, 0.1) is 5.69 Å². The number of hydrogen-bond donors (Lipinski definition) is 0. The fourth-order valence-electron chi connectivity index (χ4n) is 4.54. The van der Waals surface area contributed by atoms with Gasteiger partial charge in [-0.1, -0.05) is 47.5 Å². The van der Waals surface area contributed by atoms with Crippen molar-refractivity contribution in [3.63, 3.8) is 0 Å². The summed E-state index contributed by atoms with van der Waals surface area (Å²) in [6.45, 7) is 5.26. The van der Waals surface area contributed by atoms with Gasteiger partial charge in [0.2, 0.25) is 13.1 Å². The topological polar surface area (TPSA) is 20.3 Å². The van der Waals surface area contributed by atoms with Crippen LogP contribution in [0, 0.1) is 49.9 Å². The van der Waals surface area contributed by atoms with Crippen molar-refractivity contribution in [1.29, 1.82) is 0 Å². The Balaban J connectivity index is 2.01. The molecule has 0 N–H and O–H groups in total. The van der Waals surface area contributed by atoms with Crippen LogP contribution < -0.4 is 15.3 Å². The van der Waals surface area contributed by atoms with E-state index in [2.05, 4.69) is 0 Å². The van der Waals surface area contributed by atoms with Crippen molar-refractivity contribution < 1.29 is 26.5 Å². The minimum absolute atomic E-state index is 0.0920. The summed E-state index contributed by atoms with van der Waals surface area (Å²) in [6, 6.07) is 16.8. The van der Waals surface area contributed by atoms with E-state index in [-0.39, 0.29) is 16.3 Å². The van der Waals surface area contributed by atoms with Crippen LogP contribution in [0.25, 0.3) is 11.1 Å². The lowest BCUT2D eigenvalue weighted by molar-refractivity contribution is 0.381. The smallest absolute Gasteiger partial charge is 0.234 e. The zero-order chi connectivity index (χ0) is 25.2. The van der Waals surface area contributed by atoms with Crippen molar-refractivity contribution in [1.82, 2.24) is 0 Å². The number of halogens is 5. The third kappa shape index (κ3) is 3.33. The number of anilines is 2. The lowest BCUT2D eigenvalue weighted by Gasteiger charge is -2.40. The van der Waals surface area contributed by atoms with Crippen LogP contribution in [0.4, 0.5) is 33.3 Å². The Bertz CT molecular complexity index is 1550. The highest BCUT2D eigenvalue weighted by Gasteiger charge is 2.46. The molecule has 4 aromatic carbocycles. The lowest BCUT2D eigenvalue weighted by Crippen LogP contribution is -2.35. The van der Waals surface area contributed by atoms with Gasteiger partial charge in [0.1, 0.15) is 5.69 Å². The molecule has 0 aromatic heterocycles. The van der Waals surface area contributed by atoms with Crippen LogP contribution in [-0.2, 0) is 4.57 Å². The highest BCUT2D eigenvalue weighted by molar-refractivity contribution is 7.80. The molecule has 0 spiro atoms. The van der Waals surface area contributed by atoms with E-state index >= 15 is 13.3 Å². The van der Waals surface area contributed by atoms with Gasteiger partial charge in [-0.25, -0.2) is 22.0 Å². The molecule has 35 heavy (non-hydrogen) atoms. The van der Waals surface area contributed by atoms with Gasteiger partial charge in [0.25, 0.3) is 0 Å². The summed E-state index contributed by atoms with van der Waals surface area (Å²) in [5.41, 5.74) is 1.98. The maximum Gasteiger partial charge on any atom is 0.234 e. The molecule has 0 fully saturated rings. The first kappa shape index (κ1) is 23.3. The van der Waals surface area contributed by atoms with Crippen molar-refractivity contribution in [2.75, 3.05) is 4.67 Å². The quantitative estimate of drug-likeness (QED) is 0.124. The molecular weight excluding hydrogens is 480 g/mol. The standard InChI is InChI=1S/C27H19F5NOP/c1-14-5-4-6-17(11-14)35(34)21-13-16(3)8-10-19(21)18-9-7-15(2)12-20(18)33(35)27-25(31)23(29)22(28)24(30)26(27)32/h4-13H,1-3H3/t35-/m0/s1. The van der Waals surface area contributed by atoms with Gasteiger partial charge in [-0.2, -0.15) is 0 Å². The first-order valence-corrected chi connectivity index (χ1v) is 12.4. The van der Waals surface area contributed by atoms with Gasteiger partial charge in [-0.05, 0) is 56.2 Å². The summed E-state index contributed by atoms with van der Waals surface area (Å²) >= 11 is 0. The second-order valence-electron chi connectivity index (χ2n) is 8.69. The molecule has 8 heteroatoms. The van der Waals surface area contributed by atoms with Gasteiger partial charge < -0.3 is 0 Å². The summed E-state index contributed by atoms with van der Waals surface area (Å²) in [5.74, 6) is -10.6. The highest BCUT2D eigenvalue weighted by atomic mass is 31.2. The Morgan fingerprint density at radius 3 is 1.80 bits per heavy atom. The largest absolute Gasteiger partial charge is 0.289 e. The first-order chi connectivity index (χ1) is 16.6. The van der Waals surface area contributed by atoms with Crippen molar-refractivity contribution in [2.24, 2.45) is 0 Å². The third-order valence-corrected chi connectivity index (χ3v) is 9.16. The summed E-state index contributed by atoms with van der Waals surface area (Å²) in [4.78, 5) is 0. The Morgan fingerprint density at radius 1 is 0.629 bits per heavy atom. The maximum atomic E-state index is 15.3. The number of benzene rings is 4. The molecule has 0 amide bonds.